The lowest BCUT2D eigenvalue weighted by atomic mass is 9.92. The molecule has 4 heteroatoms. The maximum atomic E-state index is 10.4. The maximum absolute atomic E-state index is 10.4. The Labute approximate surface area is 71.8 Å². The van der Waals surface area contributed by atoms with Gasteiger partial charge in [0.1, 0.15) is 0 Å². The first-order valence-corrected chi connectivity index (χ1v) is 4.18. The molecule has 0 aromatic rings. The molecule has 12 heavy (non-hydrogen) atoms. The second kappa shape index (κ2) is 3.87. The first-order chi connectivity index (χ1) is 5.59. The summed E-state index contributed by atoms with van der Waals surface area (Å²) in [5.41, 5.74) is 0. The van der Waals surface area contributed by atoms with Crippen molar-refractivity contribution in [3.05, 3.63) is 0 Å². The zero-order valence-electron chi connectivity index (χ0n) is 7.23. The highest BCUT2D eigenvalue weighted by atomic mass is 16.4. The van der Waals surface area contributed by atoms with E-state index in [1.54, 1.807) is 0 Å². The largest absolute Gasteiger partial charge is 0.481 e. The highest BCUT2D eigenvalue weighted by Gasteiger charge is 2.27. The number of hydrogen-bond acceptors (Lipinski definition) is 3. The molecule has 1 saturated heterocycles. The van der Waals surface area contributed by atoms with Gasteiger partial charge in [0.05, 0.1) is 12.5 Å². The molecule has 1 rings (SSSR count). The standard InChI is InChI=1S/C8H15NO3/c1-9-3-2-7(10)6(5-9)4-8(11)12/h6-7,10H,2-5H2,1H3,(H,11,12). The van der Waals surface area contributed by atoms with Crippen molar-refractivity contribution in [3.63, 3.8) is 0 Å². The number of hydrogen-bond donors (Lipinski definition) is 2. The quantitative estimate of drug-likeness (QED) is 0.605. The van der Waals surface area contributed by atoms with Gasteiger partial charge in [0.2, 0.25) is 0 Å². The molecule has 1 aliphatic heterocycles. The molecular weight excluding hydrogens is 158 g/mol. The molecule has 2 atom stereocenters. The monoisotopic (exact) mass is 173 g/mol. The first-order valence-electron chi connectivity index (χ1n) is 4.18. The van der Waals surface area contributed by atoms with Crippen LogP contribution in [0, 0.1) is 5.92 Å². The van der Waals surface area contributed by atoms with Gasteiger partial charge in [-0.05, 0) is 13.5 Å². The number of carbonyl (C=O) groups is 1. The summed E-state index contributed by atoms with van der Waals surface area (Å²) in [5, 5.41) is 18.0. The number of rotatable bonds is 2. The topological polar surface area (TPSA) is 60.8 Å². The zero-order chi connectivity index (χ0) is 9.14. The summed E-state index contributed by atoms with van der Waals surface area (Å²) < 4.78 is 0. The van der Waals surface area contributed by atoms with E-state index in [4.69, 9.17) is 5.11 Å². The van der Waals surface area contributed by atoms with Gasteiger partial charge in [-0.1, -0.05) is 0 Å². The molecule has 0 aliphatic carbocycles. The van der Waals surface area contributed by atoms with Crippen LogP contribution >= 0.6 is 0 Å². The first kappa shape index (κ1) is 9.48. The Balaban J connectivity index is 2.43. The fourth-order valence-corrected chi connectivity index (χ4v) is 1.63. The van der Waals surface area contributed by atoms with Crippen molar-refractivity contribution in [2.45, 2.75) is 18.9 Å². The van der Waals surface area contributed by atoms with Gasteiger partial charge in [0.15, 0.2) is 0 Å². The van der Waals surface area contributed by atoms with Crippen LogP contribution < -0.4 is 0 Å². The summed E-state index contributed by atoms with van der Waals surface area (Å²) in [6.07, 6.45) is 0.331. The van der Waals surface area contributed by atoms with Gasteiger partial charge in [-0.25, -0.2) is 0 Å². The summed E-state index contributed by atoms with van der Waals surface area (Å²) in [7, 11) is 1.95. The Morgan fingerprint density at radius 2 is 2.33 bits per heavy atom. The molecule has 4 nitrogen and oxygen atoms in total. The van der Waals surface area contributed by atoms with E-state index in [0.29, 0.717) is 13.0 Å². The fraction of sp³-hybridized carbons (Fsp3) is 0.875. The lowest BCUT2D eigenvalue weighted by Gasteiger charge is -2.32. The summed E-state index contributed by atoms with van der Waals surface area (Å²) >= 11 is 0. The van der Waals surface area contributed by atoms with Crippen LogP contribution in [-0.2, 0) is 4.79 Å². The van der Waals surface area contributed by atoms with Crippen LogP contribution in [0.2, 0.25) is 0 Å². The van der Waals surface area contributed by atoms with Crippen molar-refractivity contribution in [1.29, 1.82) is 0 Å². The fourth-order valence-electron chi connectivity index (χ4n) is 1.63. The number of nitrogens with zero attached hydrogens (tertiary/aromatic N) is 1. The molecule has 2 N–H and O–H groups in total. The van der Waals surface area contributed by atoms with Gasteiger partial charge in [-0.2, -0.15) is 0 Å². The minimum absolute atomic E-state index is 0.0749. The predicted octanol–water partition coefficient (Wildman–Crippen LogP) is -0.226. The molecule has 0 aromatic heterocycles. The van der Waals surface area contributed by atoms with E-state index in [-0.39, 0.29) is 12.3 Å². The second-order valence-electron chi connectivity index (χ2n) is 3.48. The molecule has 0 saturated carbocycles. The number of aliphatic hydroxyl groups excluding tert-OH is 1. The van der Waals surface area contributed by atoms with Crippen LogP contribution in [0.5, 0.6) is 0 Å². The molecule has 0 aromatic carbocycles. The minimum Gasteiger partial charge on any atom is -0.481 e. The Morgan fingerprint density at radius 3 is 2.92 bits per heavy atom. The molecule has 0 amide bonds. The highest BCUT2D eigenvalue weighted by molar-refractivity contribution is 5.67. The van der Waals surface area contributed by atoms with E-state index in [1.165, 1.54) is 0 Å². The van der Waals surface area contributed by atoms with Gasteiger partial charge in [0, 0.05) is 19.0 Å². The third kappa shape index (κ3) is 2.46. The Kier molecular flexibility index (Phi) is 3.05. The van der Waals surface area contributed by atoms with Crippen molar-refractivity contribution >= 4 is 5.97 Å². The molecule has 1 heterocycles. The van der Waals surface area contributed by atoms with Gasteiger partial charge in [-0.15, -0.1) is 0 Å². The molecule has 0 spiro atoms. The van der Waals surface area contributed by atoms with Crippen LogP contribution in [0.3, 0.4) is 0 Å². The van der Waals surface area contributed by atoms with E-state index in [2.05, 4.69) is 4.90 Å². The van der Waals surface area contributed by atoms with Gasteiger partial charge in [0.25, 0.3) is 0 Å². The molecular formula is C8H15NO3. The van der Waals surface area contributed by atoms with Crippen molar-refractivity contribution in [3.8, 4) is 0 Å². The average Bonchev–Trinajstić information content (AvgIpc) is 1.96. The van der Waals surface area contributed by atoms with Crippen LogP contribution in [0.1, 0.15) is 12.8 Å². The van der Waals surface area contributed by atoms with E-state index in [0.717, 1.165) is 6.54 Å². The van der Waals surface area contributed by atoms with Gasteiger partial charge in [-0.3, -0.25) is 4.79 Å². The summed E-state index contributed by atoms with van der Waals surface area (Å²) in [5.74, 6) is -0.921. The lowest BCUT2D eigenvalue weighted by Crippen LogP contribution is -2.41. The van der Waals surface area contributed by atoms with Crippen molar-refractivity contribution in [1.82, 2.24) is 4.90 Å². The third-order valence-electron chi connectivity index (χ3n) is 2.33. The van der Waals surface area contributed by atoms with Crippen LogP contribution in [0.4, 0.5) is 0 Å². The summed E-state index contributed by atoms with van der Waals surface area (Å²) in [4.78, 5) is 12.4. The predicted molar refractivity (Wildman–Crippen MR) is 43.9 cm³/mol. The molecule has 2 unspecified atom stereocenters. The number of aliphatic hydroxyl groups is 1. The highest BCUT2D eigenvalue weighted by Crippen LogP contribution is 2.18. The van der Waals surface area contributed by atoms with E-state index >= 15 is 0 Å². The van der Waals surface area contributed by atoms with Crippen LogP contribution in [0.15, 0.2) is 0 Å². The molecule has 1 fully saturated rings. The van der Waals surface area contributed by atoms with E-state index in [1.807, 2.05) is 7.05 Å². The third-order valence-corrected chi connectivity index (χ3v) is 2.33. The SMILES string of the molecule is CN1CCC(O)C(CC(=O)O)C1. The summed E-state index contributed by atoms with van der Waals surface area (Å²) in [6, 6.07) is 0. The Hall–Kier alpha value is -0.610. The second-order valence-corrected chi connectivity index (χ2v) is 3.48. The average molecular weight is 173 g/mol. The maximum Gasteiger partial charge on any atom is 0.303 e. The van der Waals surface area contributed by atoms with Gasteiger partial charge < -0.3 is 15.1 Å². The molecule has 0 bridgehead atoms. The van der Waals surface area contributed by atoms with Gasteiger partial charge >= 0.3 is 5.97 Å². The van der Waals surface area contributed by atoms with Crippen molar-refractivity contribution in [2.75, 3.05) is 20.1 Å². The number of carboxylic acids is 1. The van der Waals surface area contributed by atoms with Crippen molar-refractivity contribution < 1.29 is 15.0 Å². The zero-order valence-corrected chi connectivity index (χ0v) is 7.23. The Morgan fingerprint density at radius 1 is 1.67 bits per heavy atom. The molecule has 70 valence electrons. The van der Waals surface area contributed by atoms with E-state index in [9.17, 15) is 9.90 Å². The normalized spacial score (nSPS) is 31.8. The van der Waals surface area contributed by atoms with Crippen LogP contribution in [-0.4, -0.2) is 47.3 Å². The molecule has 0 radical (unpaired) electrons. The van der Waals surface area contributed by atoms with Crippen LogP contribution in [0.25, 0.3) is 0 Å². The van der Waals surface area contributed by atoms with E-state index < -0.39 is 12.1 Å². The summed E-state index contributed by atoms with van der Waals surface area (Å²) in [6.45, 7) is 1.55. The lowest BCUT2D eigenvalue weighted by molar-refractivity contribution is -0.140. The minimum atomic E-state index is -0.825. The number of piperidine rings is 1. The number of aliphatic carboxylic acids is 1. The smallest absolute Gasteiger partial charge is 0.303 e. The molecule has 1 aliphatic rings. The number of carboxylic acid groups (broad SMARTS) is 1. The van der Waals surface area contributed by atoms with Crippen molar-refractivity contribution in [2.24, 2.45) is 5.92 Å². The number of likely N-dealkylation sites (tertiary alicyclic amines) is 1. The Bertz CT molecular complexity index is 172.